The molecule has 0 saturated heterocycles. The first-order chi connectivity index (χ1) is 16.3. The summed E-state index contributed by atoms with van der Waals surface area (Å²) in [4.78, 5) is 0. The van der Waals surface area contributed by atoms with Crippen molar-refractivity contribution in [2.45, 2.75) is 49.6 Å². The third-order valence-electron chi connectivity index (χ3n) is 8.65. The van der Waals surface area contributed by atoms with E-state index in [0.29, 0.717) is 0 Å². The summed E-state index contributed by atoms with van der Waals surface area (Å²) < 4.78 is 0. The molecule has 2 aliphatic carbocycles. The Hall–Kier alpha value is -2.21. The highest BCUT2D eigenvalue weighted by Gasteiger charge is 2.52. The van der Waals surface area contributed by atoms with Crippen LogP contribution in [0, 0.1) is 0 Å². The maximum atomic E-state index is 2.49. The second-order valence-corrected chi connectivity index (χ2v) is 14.2. The van der Waals surface area contributed by atoms with Gasteiger partial charge in [0.05, 0.1) is 31.1 Å². The molecule has 0 radical (unpaired) electrons. The second-order valence-electron chi connectivity index (χ2n) is 10.4. The molecule has 0 bridgehead atoms. The Balaban J connectivity index is 0.00000217. The molecule has 0 amide bonds. The fraction of sp³-hybridized carbons (Fsp3) is 0.250. The van der Waals surface area contributed by atoms with E-state index in [1.165, 1.54) is 49.7 Å². The van der Waals surface area contributed by atoms with Crippen LogP contribution in [0.1, 0.15) is 51.8 Å². The van der Waals surface area contributed by atoms with Gasteiger partial charge in [-0.3, -0.25) is 0 Å². The molecule has 0 fully saturated rings. The lowest BCUT2D eigenvalue weighted by molar-refractivity contribution is -0.00000664. The van der Waals surface area contributed by atoms with Crippen LogP contribution >= 0.6 is 7.26 Å². The van der Waals surface area contributed by atoms with Crippen LogP contribution in [0.25, 0.3) is 0 Å². The molecule has 0 aromatic heterocycles. The minimum Gasteiger partial charge on any atom is -1.00 e. The van der Waals surface area contributed by atoms with Crippen molar-refractivity contribution < 1.29 is 17.0 Å². The molecule has 0 N–H and O–H groups in total. The summed E-state index contributed by atoms with van der Waals surface area (Å²) in [5, 5.41) is 1.59. The van der Waals surface area contributed by atoms with Crippen molar-refractivity contribution in [3.05, 3.63) is 136 Å². The van der Waals surface area contributed by atoms with Gasteiger partial charge in [-0.2, -0.15) is 0 Å². The zero-order valence-electron chi connectivity index (χ0n) is 19.5. The summed E-state index contributed by atoms with van der Waals surface area (Å²) in [5.41, 5.74) is 11.8. The van der Waals surface area contributed by atoms with Gasteiger partial charge < -0.3 is 17.0 Å². The number of hydrogen-bond acceptors (Lipinski definition) is 0. The van der Waals surface area contributed by atoms with E-state index in [4.69, 9.17) is 0 Å². The van der Waals surface area contributed by atoms with Crippen LogP contribution in [0.15, 0.2) is 97.1 Å². The number of aryl methyl sites for hydroxylation is 2. The van der Waals surface area contributed by atoms with Crippen LogP contribution in [0.4, 0.5) is 0 Å². The van der Waals surface area contributed by atoms with Gasteiger partial charge in [-0.05, 0) is 76.8 Å². The predicted molar refractivity (Wildman–Crippen MR) is 141 cm³/mol. The van der Waals surface area contributed by atoms with E-state index < -0.39 is 7.26 Å². The van der Waals surface area contributed by atoms with Gasteiger partial charge in [0.15, 0.2) is 0 Å². The Morgan fingerprint density at radius 3 is 1.62 bits per heavy atom. The highest BCUT2D eigenvalue weighted by atomic mass is 79.9. The largest absolute Gasteiger partial charge is 1.00 e. The molecular weight excluding hydrogens is 495 g/mol. The van der Waals surface area contributed by atoms with Crippen molar-refractivity contribution >= 4 is 12.6 Å². The third kappa shape index (κ3) is 3.28. The van der Waals surface area contributed by atoms with Gasteiger partial charge in [-0.25, -0.2) is 0 Å². The first-order valence-corrected chi connectivity index (χ1v) is 14.8. The Kier molecular flexibility index (Phi) is 5.55. The maximum absolute atomic E-state index is 2.49. The maximum Gasteiger partial charge on any atom is 0.0950 e. The summed E-state index contributed by atoms with van der Waals surface area (Å²) in [6, 6.07) is 37.3. The minimum absolute atomic E-state index is 0. The monoisotopic (exact) mass is 524 g/mol. The van der Waals surface area contributed by atoms with E-state index in [2.05, 4.69) is 97.1 Å². The SMILES string of the molecule is [Br-].c1ccc(C[P+]2(c3ccccc3)Cc3cccc4c3C3(CC4)CCc4cccc(c43)C2)cc1. The van der Waals surface area contributed by atoms with Crippen molar-refractivity contribution in [3.63, 3.8) is 0 Å². The van der Waals surface area contributed by atoms with Crippen LogP contribution in [0.2, 0.25) is 0 Å². The van der Waals surface area contributed by atoms with Gasteiger partial charge in [0.1, 0.15) is 0 Å². The van der Waals surface area contributed by atoms with Crippen molar-refractivity contribution in [2.24, 2.45) is 0 Å². The molecule has 1 heterocycles. The van der Waals surface area contributed by atoms with Crippen molar-refractivity contribution in [3.8, 4) is 0 Å². The Morgan fingerprint density at radius 2 is 1.06 bits per heavy atom. The molecule has 34 heavy (non-hydrogen) atoms. The van der Waals surface area contributed by atoms with Crippen molar-refractivity contribution in [1.29, 1.82) is 0 Å². The normalized spacial score (nSPS) is 18.2. The first-order valence-electron chi connectivity index (χ1n) is 12.5. The molecule has 0 saturated carbocycles. The molecular formula is C32H30BrP. The summed E-state index contributed by atoms with van der Waals surface area (Å²) in [5.74, 6) is 0. The summed E-state index contributed by atoms with van der Waals surface area (Å²) in [6.45, 7) is 0. The summed E-state index contributed by atoms with van der Waals surface area (Å²) in [7, 11) is -1.54. The zero-order chi connectivity index (χ0) is 21.9. The van der Waals surface area contributed by atoms with Gasteiger partial charge in [0, 0.05) is 5.41 Å². The van der Waals surface area contributed by atoms with Crippen LogP contribution < -0.4 is 22.3 Å². The lowest BCUT2D eigenvalue weighted by Gasteiger charge is -2.37. The van der Waals surface area contributed by atoms with E-state index in [1.54, 1.807) is 38.7 Å². The minimum atomic E-state index is -1.54. The van der Waals surface area contributed by atoms with Crippen LogP contribution in [0.5, 0.6) is 0 Å². The van der Waals surface area contributed by atoms with Gasteiger partial charge in [-0.1, -0.05) is 84.9 Å². The fourth-order valence-corrected chi connectivity index (χ4v) is 11.9. The van der Waals surface area contributed by atoms with Gasteiger partial charge >= 0.3 is 0 Å². The van der Waals surface area contributed by atoms with Gasteiger partial charge in [0.25, 0.3) is 0 Å². The molecule has 1 aliphatic heterocycles. The third-order valence-corrected chi connectivity index (χ3v) is 12.9. The molecule has 7 rings (SSSR count). The zero-order valence-corrected chi connectivity index (χ0v) is 22.0. The molecule has 0 unspecified atom stereocenters. The lowest BCUT2D eigenvalue weighted by Crippen LogP contribution is -3.00. The van der Waals surface area contributed by atoms with Crippen LogP contribution in [-0.4, -0.2) is 0 Å². The fourth-order valence-electron chi connectivity index (χ4n) is 7.43. The predicted octanol–water partition coefficient (Wildman–Crippen LogP) is 4.43. The Morgan fingerprint density at radius 1 is 0.559 bits per heavy atom. The molecule has 0 nitrogen and oxygen atoms in total. The molecule has 4 aromatic carbocycles. The molecule has 1 spiro atoms. The molecule has 2 heteroatoms. The van der Waals surface area contributed by atoms with E-state index in [9.17, 15) is 0 Å². The summed E-state index contributed by atoms with van der Waals surface area (Å²) >= 11 is 0. The molecule has 3 aliphatic rings. The van der Waals surface area contributed by atoms with Gasteiger partial charge in [-0.15, -0.1) is 0 Å². The Bertz CT molecular complexity index is 1280. The quantitative estimate of drug-likeness (QED) is 0.348. The average molecular weight is 525 g/mol. The number of hydrogen-bond donors (Lipinski definition) is 0. The Labute approximate surface area is 214 Å². The number of benzene rings is 4. The van der Waals surface area contributed by atoms with Crippen LogP contribution in [-0.2, 0) is 36.7 Å². The van der Waals surface area contributed by atoms with E-state index in [0.717, 1.165) is 0 Å². The van der Waals surface area contributed by atoms with Crippen molar-refractivity contribution in [2.75, 3.05) is 0 Å². The van der Waals surface area contributed by atoms with Crippen molar-refractivity contribution in [1.82, 2.24) is 0 Å². The highest BCUT2D eigenvalue weighted by Crippen LogP contribution is 2.69. The second kappa shape index (κ2) is 8.47. The average Bonchev–Trinajstić information content (AvgIpc) is 3.42. The van der Waals surface area contributed by atoms with Gasteiger partial charge in [0.2, 0.25) is 0 Å². The molecule has 0 atom stereocenters. The van der Waals surface area contributed by atoms with Crippen LogP contribution in [0.3, 0.4) is 0 Å². The smallest absolute Gasteiger partial charge is 0.0950 e. The molecule has 170 valence electrons. The molecule has 4 aromatic rings. The summed E-state index contributed by atoms with van der Waals surface area (Å²) in [6.07, 6.45) is 8.72. The van der Waals surface area contributed by atoms with E-state index >= 15 is 0 Å². The highest BCUT2D eigenvalue weighted by molar-refractivity contribution is 7.80. The topological polar surface area (TPSA) is 0 Å². The lowest BCUT2D eigenvalue weighted by atomic mass is 9.73. The van der Waals surface area contributed by atoms with E-state index in [1.807, 2.05) is 0 Å². The first kappa shape index (κ1) is 22.3. The number of halogens is 1. The van der Waals surface area contributed by atoms with E-state index in [-0.39, 0.29) is 22.4 Å². The standard InChI is InChI=1S/C32H30P.BrH/c1-3-9-24(10-4-1)21-33(29-15-5-2-6-16-29)22-27-13-7-11-25-17-19-32(30(25)27)20-18-26-12-8-14-28(23-33)31(26)32;/h1-16H,17-23H2;1H/q+1;/p-1. The number of rotatable bonds is 3.